The molecule has 10 heteroatoms. The molecule has 6 N–H and O–H groups in total. The van der Waals surface area contributed by atoms with Gasteiger partial charge in [-0.05, 0) is 69.1 Å². The number of likely N-dealkylation sites (N-methyl/N-ethyl adjacent to an activating group) is 1. The summed E-state index contributed by atoms with van der Waals surface area (Å²) in [4.78, 5) is 13.9. The lowest BCUT2D eigenvalue weighted by Gasteiger charge is -2.12. The first-order valence-corrected chi connectivity index (χ1v) is 11.0. The second-order valence-corrected chi connectivity index (χ2v) is 8.93. The third kappa shape index (κ3) is 7.85. The van der Waals surface area contributed by atoms with E-state index in [0.29, 0.717) is 18.7 Å². The predicted octanol–water partition coefficient (Wildman–Crippen LogP) is 1.68. The Morgan fingerprint density at radius 1 is 1.06 bits per heavy atom. The molecule has 0 aliphatic heterocycles. The molecule has 9 nitrogen and oxygen atoms in total. The number of nitrogens with two attached hydrogens (primary N) is 1. The van der Waals surface area contributed by atoms with E-state index in [9.17, 15) is 13.2 Å². The van der Waals surface area contributed by atoms with Crippen LogP contribution in [0.2, 0.25) is 0 Å². The number of hydrogen-bond acceptors (Lipinski definition) is 6. The zero-order chi connectivity index (χ0) is 23.0. The van der Waals surface area contributed by atoms with Crippen LogP contribution >= 0.6 is 0 Å². The number of nitrogens with one attached hydrogen (secondary N) is 4. The number of amides is 1. The fourth-order valence-electron chi connectivity index (χ4n) is 2.57. The average Bonchev–Trinajstić information content (AvgIpc) is 2.69. The van der Waals surface area contributed by atoms with Crippen LogP contribution in [0.1, 0.15) is 12.5 Å². The highest BCUT2D eigenvalue weighted by Crippen LogP contribution is 2.20. The topological polar surface area (TPSA) is 140 Å². The summed E-state index contributed by atoms with van der Waals surface area (Å²) in [5, 5.41) is 12.5. The van der Waals surface area contributed by atoms with Gasteiger partial charge in [0.05, 0.1) is 4.90 Å². The molecule has 0 unspecified atom stereocenters. The second kappa shape index (κ2) is 10.7. The summed E-state index contributed by atoms with van der Waals surface area (Å²) in [5.41, 5.74) is 7.95. The number of carbonyl (C=O) groups is 1. The van der Waals surface area contributed by atoms with Crippen LogP contribution < -0.4 is 21.1 Å². The molecule has 2 rings (SSSR count). The zero-order valence-electron chi connectivity index (χ0n) is 17.8. The van der Waals surface area contributed by atoms with Crippen molar-refractivity contribution in [3.8, 4) is 0 Å². The van der Waals surface area contributed by atoms with Crippen molar-refractivity contribution in [2.45, 2.75) is 11.8 Å². The van der Waals surface area contributed by atoms with Crippen LogP contribution in [-0.2, 0) is 14.8 Å². The largest absolute Gasteiger partial charge is 0.370 e. The van der Waals surface area contributed by atoms with Crippen molar-refractivity contribution in [3.63, 3.8) is 0 Å². The van der Waals surface area contributed by atoms with Crippen LogP contribution in [0.3, 0.4) is 0 Å². The van der Waals surface area contributed by atoms with Gasteiger partial charge >= 0.3 is 0 Å². The Morgan fingerprint density at radius 2 is 1.61 bits per heavy atom. The first-order valence-electron chi connectivity index (χ1n) is 9.52. The molecular formula is C21H28N6O3S. The van der Waals surface area contributed by atoms with E-state index >= 15 is 0 Å². The van der Waals surface area contributed by atoms with Crippen LogP contribution in [0.5, 0.6) is 0 Å². The molecule has 0 aromatic heterocycles. The first-order chi connectivity index (χ1) is 14.6. The summed E-state index contributed by atoms with van der Waals surface area (Å²) in [6.07, 6.45) is 1.69. The molecule has 0 spiro atoms. The first kappa shape index (κ1) is 24.1. The van der Waals surface area contributed by atoms with Gasteiger partial charge in [-0.25, -0.2) is 13.1 Å². The Labute approximate surface area is 182 Å². The quantitative estimate of drug-likeness (QED) is 0.226. The van der Waals surface area contributed by atoms with Crippen molar-refractivity contribution in [3.05, 3.63) is 59.7 Å². The molecule has 0 fully saturated rings. The lowest BCUT2D eigenvalue weighted by Crippen LogP contribution is -2.36. The number of rotatable bonds is 9. The molecule has 2 aromatic carbocycles. The van der Waals surface area contributed by atoms with Gasteiger partial charge in [-0.15, -0.1) is 0 Å². The maximum Gasteiger partial charge on any atom is 0.253 e. The van der Waals surface area contributed by atoms with Gasteiger partial charge in [0.2, 0.25) is 10.0 Å². The van der Waals surface area contributed by atoms with Crippen LogP contribution in [0.15, 0.2) is 59.0 Å². The Hall–Kier alpha value is -3.21. The van der Waals surface area contributed by atoms with Gasteiger partial charge in [-0.2, -0.15) is 0 Å². The average molecular weight is 445 g/mol. The van der Waals surface area contributed by atoms with Crippen molar-refractivity contribution in [1.29, 1.82) is 5.41 Å². The number of benzene rings is 2. The van der Waals surface area contributed by atoms with Crippen molar-refractivity contribution >= 4 is 39.3 Å². The lowest BCUT2D eigenvalue weighted by molar-refractivity contribution is -0.116. The van der Waals surface area contributed by atoms with Gasteiger partial charge in [-0.3, -0.25) is 15.5 Å². The van der Waals surface area contributed by atoms with Crippen molar-refractivity contribution < 1.29 is 13.2 Å². The molecule has 166 valence electrons. The number of guanidine groups is 1. The summed E-state index contributed by atoms with van der Waals surface area (Å²) < 4.78 is 27.2. The van der Waals surface area contributed by atoms with E-state index in [1.54, 1.807) is 37.3 Å². The number of nitrogens with zero attached hydrogens (tertiary/aromatic N) is 1. The maximum absolute atomic E-state index is 12.3. The number of sulfonamides is 1. The van der Waals surface area contributed by atoms with E-state index in [1.165, 1.54) is 0 Å². The highest BCUT2D eigenvalue weighted by molar-refractivity contribution is 7.89. The smallest absolute Gasteiger partial charge is 0.253 e. The second-order valence-electron chi connectivity index (χ2n) is 7.17. The third-order valence-corrected chi connectivity index (χ3v) is 5.68. The molecule has 0 aliphatic rings. The van der Waals surface area contributed by atoms with Gasteiger partial charge in [0.1, 0.15) is 0 Å². The molecule has 0 aliphatic carbocycles. The fourth-order valence-corrected chi connectivity index (χ4v) is 3.59. The normalized spacial score (nSPS) is 11.9. The Bertz CT molecular complexity index is 1050. The summed E-state index contributed by atoms with van der Waals surface area (Å²) in [6, 6.07) is 13.9. The summed E-state index contributed by atoms with van der Waals surface area (Å²) in [5.74, 6) is -0.832. The molecule has 0 heterocycles. The number of anilines is 2. The Balaban J connectivity index is 2.00. The predicted molar refractivity (Wildman–Crippen MR) is 124 cm³/mol. The van der Waals surface area contributed by atoms with E-state index in [0.717, 1.165) is 16.9 Å². The minimum absolute atomic E-state index is 0.205. The summed E-state index contributed by atoms with van der Waals surface area (Å²) >= 11 is 0. The van der Waals surface area contributed by atoms with Crippen LogP contribution in [0, 0.1) is 5.41 Å². The van der Waals surface area contributed by atoms with Gasteiger partial charge in [0, 0.05) is 30.0 Å². The van der Waals surface area contributed by atoms with Crippen LogP contribution in [0.4, 0.5) is 11.4 Å². The zero-order valence-corrected chi connectivity index (χ0v) is 18.6. The van der Waals surface area contributed by atoms with Gasteiger partial charge < -0.3 is 16.0 Å². The van der Waals surface area contributed by atoms with Gasteiger partial charge in [-0.1, -0.05) is 12.1 Å². The standard InChI is InChI=1S/C21H28N6O3S/c1-15(20(28)26-21(22)23)14-16-4-6-17(7-5-16)25-18-8-10-19(11-9-18)31(29,30)24-12-13-27(2)3/h4-11,14,24-25H,12-13H2,1-3H3,(H4,22,23,26,28). The minimum Gasteiger partial charge on any atom is -0.370 e. The van der Waals surface area contributed by atoms with Crippen molar-refractivity contribution in [2.75, 3.05) is 32.5 Å². The molecule has 2 aromatic rings. The van der Waals surface area contributed by atoms with E-state index in [-0.39, 0.29) is 4.90 Å². The minimum atomic E-state index is -3.54. The molecule has 0 bridgehead atoms. The SMILES string of the molecule is CC(=Cc1ccc(Nc2ccc(S(=O)(=O)NCCN(C)C)cc2)cc1)C(=O)NC(=N)N. The van der Waals surface area contributed by atoms with Gasteiger partial charge in [0.15, 0.2) is 5.96 Å². The summed E-state index contributed by atoms with van der Waals surface area (Å²) in [7, 11) is 0.216. The monoisotopic (exact) mass is 444 g/mol. The van der Waals surface area contributed by atoms with Crippen molar-refractivity contribution in [1.82, 2.24) is 14.9 Å². The molecule has 0 atom stereocenters. The van der Waals surface area contributed by atoms with E-state index < -0.39 is 21.9 Å². The number of hydrogen-bond donors (Lipinski definition) is 5. The molecule has 0 saturated carbocycles. The molecular weight excluding hydrogens is 416 g/mol. The van der Waals surface area contributed by atoms with Crippen LogP contribution in [-0.4, -0.2) is 52.4 Å². The van der Waals surface area contributed by atoms with E-state index in [4.69, 9.17) is 11.1 Å². The third-order valence-electron chi connectivity index (χ3n) is 4.20. The molecule has 0 radical (unpaired) electrons. The highest BCUT2D eigenvalue weighted by Gasteiger charge is 2.13. The van der Waals surface area contributed by atoms with E-state index in [2.05, 4.69) is 15.4 Å². The maximum atomic E-state index is 12.3. The number of carbonyl (C=O) groups excluding carboxylic acids is 1. The highest BCUT2D eigenvalue weighted by atomic mass is 32.2. The summed E-state index contributed by atoms with van der Waals surface area (Å²) in [6.45, 7) is 2.59. The molecule has 0 saturated heterocycles. The Kier molecular flexibility index (Phi) is 8.31. The van der Waals surface area contributed by atoms with E-state index in [1.807, 2.05) is 43.3 Å². The lowest BCUT2D eigenvalue weighted by atomic mass is 10.1. The van der Waals surface area contributed by atoms with Crippen molar-refractivity contribution in [2.24, 2.45) is 5.73 Å². The Morgan fingerprint density at radius 3 is 2.13 bits per heavy atom. The van der Waals surface area contributed by atoms with Gasteiger partial charge in [0.25, 0.3) is 5.91 Å². The van der Waals surface area contributed by atoms with Crippen LogP contribution in [0.25, 0.3) is 6.08 Å². The molecule has 31 heavy (non-hydrogen) atoms. The molecule has 1 amide bonds. The fraction of sp³-hybridized carbons (Fsp3) is 0.238.